The first-order valence-corrected chi connectivity index (χ1v) is 5.41. The fourth-order valence-corrected chi connectivity index (χ4v) is 1.67. The van der Waals surface area contributed by atoms with Gasteiger partial charge in [-0.2, -0.15) is 0 Å². The number of likely N-dealkylation sites (N-methyl/N-ethyl adjacent to an activating group) is 1. The maximum Gasteiger partial charge on any atom is 0.234 e. The van der Waals surface area contributed by atoms with Crippen LogP contribution in [0.2, 0.25) is 0 Å². The molecule has 15 heavy (non-hydrogen) atoms. The Morgan fingerprint density at radius 2 is 1.93 bits per heavy atom. The number of nitrogens with zero attached hydrogens (tertiary/aromatic N) is 2. The van der Waals surface area contributed by atoms with Crippen LogP contribution in [0.5, 0.6) is 0 Å². The molecule has 1 N–H and O–H groups in total. The molecule has 0 atom stereocenters. The number of piperazine rings is 1. The fraction of sp³-hybridized carbons (Fsp3) is 0.727. The van der Waals surface area contributed by atoms with E-state index in [4.69, 9.17) is 6.42 Å². The lowest BCUT2D eigenvalue weighted by atomic mass is 10.3. The van der Waals surface area contributed by atoms with E-state index >= 15 is 0 Å². The van der Waals surface area contributed by atoms with Crippen LogP contribution in [0.4, 0.5) is 0 Å². The molecule has 1 rings (SSSR count). The van der Waals surface area contributed by atoms with E-state index in [2.05, 4.69) is 28.0 Å². The number of carbonyl (C=O) groups is 1. The summed E-state index contributed by atoms with van der Waals surface area (Å²) in [4.78, 5) is 15.9. The van der Waals surface area contributed by atoms with Gasteiger partial charge in [-0.25, -0.2) is 0 Å². The van der Waals surface area contributed by atoms with Gasteiger partial charge in [-0.05, 0) is 6.54 Å². The molecule has 0 aromatic carbocycles. The van der Waals surface area contributed by atoms with Crippen molar-refractivity contribution in [2.75, 3.05) is 45.8 Å². The molecule has 4 nitrogen and oxygen atoms in total. The van der Waals surface area contributed by atoms with Crippen molar-refractivity contribution in [3.8, 4) is 12.3 Å². The van der Waals surface area contributed by atoms with Gasteiger partial charge in [-0.1, -0.05) is 12.8 Å². The molecule has 1 heterocycles. The second kappa shape index (κ2) is 6.44. The molecule has 0 bridgehead atoms. The van der Waals surface area contributed by atoms with Gasteiger partial charge in [-0.3, -0.25) is 9.69 Å². The van der Waals surface area contributed by atoms with Crippen molar-refractivity contribution < 1.29 is 4.79 Å². The number of terminal acetylenes is 1. The van der Waals surface area contributed by atoms with Gasteiger partial charge in [0.25, 0.3) is 0 Å². The highest BCUT2D eigenvalue weighted by Crippen LogP contribution is 1.99. The standard InChI is InChI=1S/C11H19N3O/c1-3-5-12-11(15)10-14-8-6-13(4-2)7-9-14/h1H,4-10H2,2H3,(H,12,15). The molecule has 1 aliphatic heterocycles. The molecule has 1 fully saturated rings. The van der Waals surface area contributed by atoms with Crippen molar-refractivity contribution >= 4 is 5.91 Å². The first kappa shape index (κ1) is 12.0. The zero-order valence-electron chi connectivity index (χ0n) is 9.33. The van der Waals surface area contributed by atoms with E-state index < -0.39 is 0 Å². The third kappa shape index (κ3) is 4.32. The Kier molecular flexibility index (Phi) is 5.16. The van der Waals surface area contributed by atoms with Crippen LogP contribution in [0.15, 0.2) is 0 Å². The van der Waals surface area contributed by atoms with Crippen LogP contribution in [-0.4, -0.2) is 61.5 Å². The molecule has 0 spiro atoms. The van der Waals surface area contributed by atoms with Crippen molar-refractivity contribution in [1.82, 2.24) is 15.1 Å². The van der Waals surface area contributed by atoms with Gasteiger partial charge in [-0.15, -0.1) is 6.42 Å². The Morgan fingerprint density at radius 3 is 2.47 bits per heavy atom. The van der Waals surface area contributed by atoms with Crippen LogP contribution >= 0.6 is 0 Å². The monoisotopic (exact) mass is 209 g/mol. The van der Waals surface area contributed by atoms with E-state index in [0.29, 0.717) is 13.1 Å². The maximum absolute atomic E-state index is 11.4. The van der Waals surface area contributed by atoms with Crippen molar-refractivity contribution in [3.05, 3.63) is 0 Å². The van der Waals surface area contributed by atoms with E-state index in [-0.39, 0.29) is 5.91 Å². The van der Waals surface area contributed by atoms with E-state index in [1.54, 1.807) is 0 Å². The van der Waals surface area contributed by atoms with E-state index in [0.717, 1.165) is 32.7 Å². The largest absolute Gasteiger partial charge is 0.344 e. The normalized spacial score (nSPS) is 18.4. The fourth-order valence-electron chi connectivity index (χ4n) is 1.67. The lowest BCUT2D eigenvalue weighted by Crippen LogP contribution is -2.49. The number of amides is 1. The minimum Gasteiger partial charge on any atom is -0.344 e. The zero-order valence-corrected chi connectivity index (χ0v) is 9.33. The maximum atomic E-state index is 11.4. The van der Waals surface area contributed by atoms with Gasteiger partial charge in [0.2, 0.25) is 5.91 Å². The predicted molar refractivity (Wildman–Crippen MR) is 60.4 cm³/mol. The molecule has 1 saturated heterocycles. The molecular formula is C11H19N3O. The number of rotatable bonds is 4. The molecule has 1 aliphatic rings. The summed E-state index contributed by atoms with van der Waals surface area (Å²) < 4.78 is 0. The summed E-state index contributed by atoms with van der Waals surface area (Å²) in [5.41, 5.74) is 0. The Bertz CT molecular complexity index is 239. The van der Waals surface area contributed by atoms with Gasteiger partial charge in [0, 0.05) is 26.2 Å². The first-order valence-electron chi connectivity index (χ1n) is 5.41. The van der Waals surface area contributed by atoms with Gasteiger partial charge >= 0.3 is 0 Å². The summed E-state index contributed by atoms with van der Waals surface area (Å²) in [7, 11) is 0. The van der Waals surface area contributed by atoms with Gasteiger partial charge in [0.1, 0.15) is 0 Å². The summed E-state index contributed by atoms with van der Waals surface area (Å²) in [6.45, 7) is 8.10. The predicted octanol–water partition coefficient (Wildman–Crippen LogP) is -0.627. The van der Waals surface area contributed by atoms with Crippen LogP contribution in [0.1, 0.15) is 6.92 Å². The van der Waals surface area contributed by atoms with Crippen molar-refractivity contribution in [3.63, 3.8) is 0 Å². The quantitative estimate of drug-likeness (QED) is 0.626. The molecular weight excluding hydrogens is 190 g/mol. The van der Waals surface area contributed by atoms with Crippen LogP contribution < -0.4 is 5.32 Å². The molecule has 0 aromatic rings. The zero-order chi connectivity index (χ0) is 11.1. The third-order valence-electron chi connectivity index (χ3n) is 2.67. The second-order valence-electron chi connectivity index (χ2n) is 3.69. The molecule has 0 aliphatic carbocycles. The smallest absolute Gasteiger partial charge is 0.234 e. The topological polar surface area (TPSA) is 35.6 Å². The summed E-state index contributed by atoms with van der Waals surface area (Å²) >= 11 is 0. The molecule has 84 valence electrons. The van der Waals surface area contributed by atoms with Crippen molar-refractivity contribution in [1.29, 1.82) is 0 Å². The van der Waals surface area contributed by atoms with E-state index in [9.17, 15) is 4.79 Å². The third-order valence-corrected chi connectivity index (χ3v) is 2.67. The van der Waals surface area contributed by atoms with Crippen LogP contribution in [-0.2, 0) is 4.79 Å². The summed E-state index contributed by atoms with van der Waals surface area (Å²) in [6.07, 6.45) is 5.06. The minimum absolute atomic E-state index is 0.0258. The van der Waals surface area contributed by atoms with Crippen LogP contribution in [0.25, 0.3) is 0 Å². The lowest BCUT2D eigenvalue weighted by Gasteiger charge is -2.33. The average molecular weight is 209 g/mol. The van der Waals surface area contributed by atoms with Crippen molar-refractivity contribution in [2.24, 2.45) is 0 Å². The van der Waals surface area contributed by atoms with Gasteiger partial charge < -0.3 is 10.2 Å². The molecule has 0 aromatic heterocycles. The second-order valence-corrected chi connectivity index (χ2v) is 3.69. The molecule has 0 radical (unpaired) electrons. The van der Waals surface area contributed by atoms with Gasteiger partial charge in [0.05, 0.1) is 13.1 Å². The van der Waals surface area contributed by atoms with Crippen LogP contribution in [0.3, 0.4) is 0 Å². The summed E-state index contributed by atoms with van der Waals surface area (Å²) in [5, 5.41) is 2.67. The lowest BCUT2D eigenvalue weighted by molar-refractivity contribution is -0.122. The average Bonchev–Trinajstić information content (AvgIpc) is 2.27. The highest BCUT2D eigenvalue weighted by atomic mass is 16.2. The number of hydrogen-bond donors (Lipinski definition) is 1. The molecule has 1 amide bonds. The molecule has 4 heteroatoms. The number of nitrogens with one attached hydrogen (secondary N) is 1. The SMILES string of the molecule is C#CCNC(=O)CN1CCN(CC)CC1. The number of hydrogen-bond acceptors (Lipinski definition) is 3. The Morgan fingerprint density at radius 1 is 1.33 bits per heavy atom. The molecule has 0 saturated carbocycles. The highest BCUT2D eigenvalue weighted by molar-refractivity contribution is 5.78. The Labute approximate surface area is 91.6 Å². The first-order chi connectivity index (χ1) is 7.26. The Balaban J connectivity index is 2.18. The Hall–Kier alpha value is -1.05. The molecule has 0 unspecified atom stereocenters. The van der Waals surface area contributed by atoms with E-state index in [1.807, 2.05) is 0 Å². The highest BCUT2D eigenvalue weighted by Gasteiger charge is 2.17. The number of carbonyl (C=O) groups excluding carboxylic acids is 1. The summed E-state index contributed by atoms with van der Waals surface area (Å²) in [5.74, 6) is 2.42. The van der Waals surface area contributed by atoms with Gasteiger partial charge in [0.15, 0.2) is 0 Å². The van der Waals surface area contributed by atoms with Crippen LogP contribution in [0, 0.1) is 12.3 Å². The summed E-state index contributed by atoms with van der Waals surface area (Å²) in [6, 6.07) is 0. The van der Waals surface area contributed by atoms with E-state index in [1.165, 1.54) is 0 Å². The van der Waals surface area contributed by atoms with Crippen molar-refractivity contribution in [2.45, 2.75) is 6.92 Å². The minimum atomic E-state index is 0.0258.